The predicted molar refractivity (Wildman–Crippen MR) is 56.3 cm³/mol. The van der Waals surface area contributed by atoms with Gasteiger partial charge in [-0.05, 0) is 11.6 Å². The van der Waals surface area contributed by atoms with Gasteiger partial charge in [0, 0.05) is 18.9 Å². The molecule has 0 saturated heterocycles. The molecule has 0 aromatic carbocycles. The second-order valence-corrected chi connectivity index (χ2v) is 3.49. The van der Waals surface area contributed by atoms with Crippen molar-refractivity contribution >= 4 is 11.6 Å². The molecule has 5 nitrogen and oxygen atoms in total. The smallest absolute Gasteiger partial charge is 0.0962 e. The van der Waals surface area contributed by atoms with E-state index in [9.17, 15) is 0 Å². The summed E-state index contributed by atoms with van der Waals surface area (Å²) in [5, 5.41) is 8.45. The Kier molecular flexibility index (Phi) is 2.94. The van der Waals surface area contributed by atoms with Gasteiger partial charge in [-0.1, -0.05) is 16.8 Å². The molecule has 2 aromatic rings. The summed E-state index contributed by atoms with van der Waals surface area (Å²) in [4.78, 5) is 3.91. The van der Waals surface area contributed by atoms with Crippen molar-refractivity contribution in [2.75, 3.05) is 0 Å². The molecule has 78 valence electrons. The first-order valence-electron chi connectivity index (χ1n) is 4.47. The van der Waals surface area contributed by atoms with Gasteiger partial charge in [0.25, 0.3) is 0 Å². The predicted octanol–water partition coefficient (Wildman–Crippen LogP) is 0.833. The monoisotopic (exact) mass is 223 g/mol. The SMILES string of the molecule is NCc1cn(Cc2ccncc2Cl)nn1. The van der Waals surface area contributed by atoms with Crippen LogP contribution >= 0.6 is 11.6 Å². The minimum atomic E-state index is 0.393. The second kappa shape index (κ2) is 4.37. The van der Waals surface area contributed by atoms with Crippen LogP contribution in [0, 0.1) is 0 Å². The van der Waals surface area contributed by atoms with Crippen molar-refractivity contribution in [1.29, 1.82) is 0 Å². The van der Waals surface area contributed by atoms with Crippen LogP contribution < -0.4 is 5.73 Å². The van der Waals surface area contributed by atoms with Crippen LogP contribution in [-0.2, 0) is 13.1 Å². The number of nitrogens with two attached hydrogens (primary N) is 1. The third-order valence-corrected chi connectivity index (χ3v) is 2.32. The molecule has 6 heteroatoms. The molecule has 0 unspecified atom stereocenters. The van der Waals surface area contributed by atoms with Gasteiger partial charge in [-0.15, -0.1) is 5.10 Å². The molecule has 0 aliphatic heterocycles. The highest BCUT2D eigenvalue weighted by atomic mass is 35.5. The van der Waals surface area contributed by atoms with Crippen LogP contribution in [0.4, 0.5) is 0 Å². The van der Waals surface area contributed by atoms with Crippen molar-refractivity contribution in [2.24, 2.45) is 5.73 Å². The molecule has 0 saturated carbocycles. The molecule has 0 radical (unpaired) electrons. The number of nitrogens with zero attached hydrogens (tertiary/aromatic N) is 4. The highest BCUT2D eigenvalue weighted by Gasteiger charge is 2.03. The Balaban J connectivity index is 2.18. The summed E-state index contributed by atoms with van der Waals surface area (Å²) in [6, 6.07) is 1.85. The largest absolute Gasteiger partial charge is 0.325 e. The van der Waals surface area contributed by atoms with E-state index in [-0.39, 0.29) is 0 Å². The summed E-state index contributed by atoms with van der Waals surface area (Å²) in [5.41, 5.74) is 7.16. The zero-order valence-electron chi connectivity index (χ0n) is 7.97. The molecule has 2 N–H and O–H groups in total. The van der Waals surface area contributed by atoms with E-state index < -0.39 is 0 Å². The van der Waals surface area contributed by atoms with E-state index in [1.807, 2.05) is 6.07 Å². The molecule has 2 aromatic heterocycles. The van der Waals surface area contributed by atoms with Crippen molar-refractivity contribution in [3.8, 4) is 0 Å². The lowest BCUT2D eigenvalue weighted by Crippen LogP contribution is -2.01. The molecule has 0 aliphatic carbocycles. The number of hydrogen-bond acceptors (Lipinski definition) is 4. The fraction of sp³-hybridized carbons (Fsp3) is 0.222. The van der Waals surface area contributed by atoms with Crippen molar-refractivity contribution in [3.05, 3.63) is 40.9 Å². The Labute approximate surface area is 91.9 Å². The summed E-state index contributed by atoms with van der Waals surface area (Å²) in [7, 11) is 0. The van der Waals surface area contributed by atoms with Crippen LogP contribution in [-0.4, -0.2) is 20.0 Å². The van der Waals surface area contributed by atoms with Crippen LogP contribution in [0.15, 0.2) is 24.7 Å². The Hall–Kier alpha value is -1.46. The lowest BCUT2D eigenvalue weighted by molar-refractivity contribution is 0.649. The Morgan fingerprint density at radius 3 is 3.00 bits per heavy atom. The van der Waals surface area contributed by atoms with E-state index >= 15 is 0 Å². The summed E-state index contributed by atoms with van der Waals surface area (Å²) in [6.07, 6.45) is 5.11. The van der Waals surface area contributed by atoms with Gasteiger partial charge in [0.1, 0.15) is 0 Å². The van der Waals surface area contributed by atoms with Crippen LogP contribution in [0.5, 0.6) is 0 Å². The highest BCUT2D eigenvalue weighted by Crippen LogP contribution is 2.14. The molecular weight excluding hydrogens is 214 g/mol. The molecule has 0 fully saturated rings. The summed E-state index contributed by atoms with van der Waals surface area (Å²) in [6.45, 7) is 0.971. The minimum absolute atomic E-state index is 0.393. The molecule has 0 amide bonds. The van der Waals surface area contributed by atoms with Gasteiger partial charge in [0.15, 0.2) is 0 Å². The third kappa shape index (κ3) is 2.31. The Morgan fingerprint density at radius 2 is 2.33 bits per heavy atom. The van der Waals surface area contributed by atoms with E-state index in [0.29, 0.717) is 18.1 Å². The standard InChI is InChI=1S/C9H10ClN5/c10-9-4-12-2-1-7(9)5-15-6-8(3-11)13-14-15/h1-2,4,6H,3,5,11H2. The van der Waals surface area contributed by atoms with Crippen LogP contribution in [0.25, 0.3) is 0 Å². The topological polar surface area (TPSA) is 69.6 Å². The lowest BCUT2D eigenvalue weighted by Gasteiger charge is -2.01. The Bertz CT molecular complexity index is 453. The van der Waals surface area contributed by atoms with Gasteiger partial charge in [-0.3, -0.25) is 4.98 Å². The quantitative estimate of drug-likeness (QED) is 0.837. The van der Waals surface area contributed by atoms with Crippen LogP contribution in [0.3, 0.4) is 0 Å². The maximum Gasteiger partial charge on any atom is 0.0962 e. The average molecular weight is 224 g/mol. The van der Waals surface area contributed by atoms with Gasteiger partial charge in [0.05, 0.1) is 23.5 Å². The van der Waals surface area contributed by atoms with E-state index in [4.69, 9.17) is 17.3 Å². The zero-order chi connectivity index (χ0) is 10.7. The highest BCUT2D eigenvalue weighted by molar-refractivity contribution is 6.31. The van der Waals surface area contributed by atoms with Gasteiger partial charge < -0.3 is 5.73 Å². The lowest BCUT2D eigenvalue weighted by atomic mass is 10.3. The molecule has 2 rings (SSSR count). The molecule has 2 heterocycles. The molecule has 15 heavy (non-hydrogen) atoms. The number of aromatic nitrogens is 4. The van der Waals surface area contributed by atoms with Crippen LogP contribution in [0.2, 0.25) is 5.02 Å². The normalized spacial score (nSPS) is 10.5. The number of hydrogen-bond donors (Lipinski definition) is 1. The Morgan fingerprint density at radius 1 is 1.47 bits per heavy atom. The second-order valence-electron chi connectivity index (χ2n) is 3.08. The molecule has 0 aliphatic rings. The van der Waals surface area contributed by atoms with E-state index in [1.165, 1.54) is 0 Å². The fourth-order valence-electron chi connectivity index (χ4n) is 1.22. The minimum Gasteiger partial charge on any atom is -0.325 e. The molecule has 0 atom stereocenters. The number of pyridine rings is 1. The van der Waals surface area contributed by atoms with E-state index in [1.54, 1.807) is 23.3 Å². The molecular formula is C9H10ClN5. The average Bonchev–Trinajstić information content (AvgIpc) is 2.69. The first kappa shape index (κ1) is 10.1. The van der Waals surface area contributed by atoms with Gasteiger partial charge in [0.2, 0.25) is 0 Å². The summed E-state index contributed by atoms with van der Waals surface area (Å²) in [5.74, 6) is 0. The first-order valence-corrected chi connectivity index (χ1v) is 4.85. The van der Waals surface area contributed by atoms with Crippen molar-refractivity contribution in [2.45, 2.75) is 13.1 Å². The van der Waals surface area contributed by atoms with Crippen molar-refractivity contribution in [3.63, 3.8) is 0 Å². The number of halogens is 1. The molecule has 0 spiro atoms. The third-order valence-electron chi connectivity index (χ3n) is 1.98. The number of rotatable bonds is 3. The maximum absolute atomic E-state index is 5.97. The fourth-order valence-corrected chi connectivity index (χ4v) is 1.40. The van der Waals surface area contributed by atoms with Crippen molar-refractivity contribution < 1.29 is 0 Å². The summed E-state index contributed by atoms with van der Waals surface area (Å²) < 4.78 is 1.70. The van der Waals surface area contributed by atoms with E-state index in [2.05, 4.69) is 15.3 Å². The van der Waals surface area contributed by atoms with Gasteiger partial charge in [-0.2, -0.15) is 0 Å². The van der Waals surface area contributed by atoms with Gasteiger partial charge >= 0.3 is 0 Å². The van der Waals surface area contributed by atoms with Gasteiger partial charge in [-0.25, -0.2) is 4.68 Å². The maximum atomic E-state index is 5.97. The molecule has 0 bridgehead atoms. The van der Waals surface area contributed by atoms with E-state index in [0.717, 1.165) is 11.3 Å². The summed E-state index contributed by atoms with van der Waals surface area (Å²) >= 11 is 5.97. The van der Waals surface area contributed by atoms with Crippen LogP contribution in [0.1, 0.15) is 11.3 Å². The van der Waals surface area contributed by atoms with Crippen molar-refractivity contribution in [1.82, 2.24) is 20.0 Å². The zero-order valence-corrected chi connectivity index (χ0v) is 8.72. The first-order chi connectivity index (χ1) is 7.29.